The molecule has 20 heavy (non-hydrogen) atoms. The van der Waals surface area contributed by atoms with Gasteiger partial charge in [0.05, 0.1) is 0 Å². The second kappa shape index (κ2) is 11.5. The van der Waals surface area contributed by atoms with Crippen molar-refractivity contribution >= 4 is 28.4 Å². The largest absolute Gasteiger partial charge is 0.351 e. The molecule has 2 N–H and O–H groups in total. The molecule has 0 atom stereocenters. The van der Waals surface area contributed by atoms with Crippen molar-refractivity contribution in [2.75, 3.05) is 7.05 Å². The predicted molar refractivity (Wildman–Crippen MR) is 85.2 cm³/mol. The molecule has 1 aromatic carbocycles. The Hall–Kier alpha value is -1.36. The summed E-state index contributed by atoms with van der Waals surface area (Å²) in [6.45, 7) is 2.34. The fourth-order valence-electron chi connectivity index (χ4n) is 1.60. The van der Waals surface area contributed by atoms with E-state index in [0.29, 0.717) is 6.41 Å². The Bertz CT molecular complexity index is 379. The number of nitrogens with zero attached hydrogens (tertiary/aromatic N) is 1. The first-order valence-electron chi connectivity index (χ1n) is 6.65. The van der Waals surface area contributed by atoms with Crippen molar-refractivity contribution in [3.8, 4) is 0 Å². The number of imide groups is 1. The van der Waals surface area contributed by atoms with Crippen molar-refractivity contribution < 1.29 is 9.59 Å². The van der Waals surface area contributed by atoms with E-state index < -0.39 is 6.03 Å². The van der Waals surface area contributed by atoms with Crippen LogP contribution in [0.15, 0.2) is 34.8 Å². The van der Waals surface area contributed by atoms with E-state index in [4.69, 9.17) is 0 Å². The van der Waals surface area contributed by atoms with Gasteiger partial charge < -0.3 is 5.73 Å². The first-order valence-corrected chi connectivity index (χ1v) is 7.44. The van der Waals surface area contributed by atoms with Gasteiger partial charge in [-0.25, -0.2) is 4.79 Å². The number of hydrogen-bond acceptors (Lipinski definition) is 2. The molecular weight excluding hydrogens is 320 g/mol. The van der Waals surface area contributed by atoms with Gasteiger partial charge in [-0.2, -0.15) is 0 Å². The molecule has 0 aliphatic heterocycles. The Morgan fingerprint density at radius 1 is 1.30 bits per heavy atom. The van der Waals surface area contributed by atoms with E-state index in [1.165, 1.54) is 32.7 Å². The smallest absolute Gasteiger partial charge is 0.320 e. The Morgan fingerprint density at radius 3 is 1.95 bits per heavy atom. The monoisotopic (exact) mass is 342 g/mol. The molecule has 5 heteroatoms. The normalized spacial score (nSPS) is 13.3. The fourth-order valence-corrected chi connectivity index (χ4v) is 1.90. The van der Waals surface area contributed by atoms with Crippen LogP contribution in [0.25, 0.3) is 0 Å². The maximum atomic E-state index is 9.85. The van der Waals surface area contributed by atoms with Crippen LogP contribution in [-0.2, 0) is 4.79 Å². The van der Waals surface area contributed by atoms with Crippen molar-refractivity contribution in [3.63, 3.8) is 0 Å². The standard InChI is InChI=1S/C6H5Br.C6H12.C3H6N2O2/c7-6-4-2-1-3-5-6;1-6-4-2-3-5-6;1-5(2-6)3(4)7/h1-5H;6H,2-5H2,1H3;2H,1H3,(H2,4,7). The van der Waals surface area contributed by atoms with Crippen LogP contribution in [0.2, 0.25) is 0 Å². The van der Waals surface area contributed by atoms with Gasteiger partial charge in [-0.05, 0) is 18.1 Å². The summed E-state index contributed by atoms with van der Waals surface area (Å²) in [4.78, 5) is 20.2. The van der Waals surface area contributed by atoms with Gasteiger partial charge in [-0.1, -0.05) is 66.7 Å². The van der Waals surface area contributed by atoms with Gasteiger partial charge in [0.15, 0.2) is 0 Å². The van der Waals surface area contributed by atoms with Crippen molar-refractivity contribution in [1.29, 1.82) is 0 Å². The van der Waals surface area contributed by atoms with Crippen molar-refractivity contribution in [2.45, 2.75) is 32.6 Å². The van der Waals surface area contributed by atoms with E-state index in [2.05, 4.69) is 28.6 Å². The molecule has 2 rings (SSSR count). The molecule has 1 saturated carbocycles. The second-order valence-electron chi connectivity index (χ2n) is 4.74. The highest BCUT2D eigenvalue weighted by atomic mass is 79.9. The van der Waals surface area contributed by atoms with Crippen LogP contribution in [-0.4, -0.2) is 24.4 Å². The van der Waals surface area contributed by atoms with Crippen LogP contribution in [0, 0.1) is 5.92 Å². The number of rotatable bonds is 1. The highest BCUT2D eigenvalue weighted by Gasteiger charge is 2.07. The third kappa shape index (κ3) is 10.6. The van der Waals surface area contributed by atoms with Gasteiger partial charge in [0.1, 0.15) is 0 Å². The van der Waals surface area contributed by atoms with Gasteiger partial charge in [-0.3, -0.25) is 9.69 Å². The molecule has 1 fully saturated rings. The molecule has 3 amide bonds. The summed E-state index contributed by atoms with van der Waals surface area (Å²) in [5, 5.41) is 0. The fraction of sp³-hybridized carbons (Fsp3) is 0.467. The zero-order chi connectivity index (χ0) is 15.4. The highest BCUT2D eigenvalue weighted by Crippen LogP contribution is 2.22. The number of halogens is 1. The number of hydrogen-bond donors (Lipinski definition) is 1. The number of amides is 3. The number of urea groups is 1. The van der Waals surface area contributed by atoms with Crippen molar-refractivity contribution in [1.82, 2.24) is 4.90 Å². The molecule has 0 bridgehead atoms. The molecule has 0 unspecified atom stereocenters. The third-order valence-corrected chi connectivity index (χ3v) is 3.41. The summed E-state index contributed by atoms with van der Waals surface area (Å²) in [7, 11) is 1.29. The average Bonchev–Trinajstić information content (AvgIpc) is 2.91. The molecule has 1 aliphatic carbocycles. The minimum atomic E-state index is -0.741. The van der Waals surface area contributed by atoms with Crippen LogP contribution in [0.5, 0.6) is 0 Å². The molecule has 4 nitrogen and oxygen atoms in total. The topological polar surface area (TPSA) is 63.4 Å². The first-order chi connectivity index (χ1) is 9.47. The molecule has 0 aromatic heterocycles. The number of carbonyl (C=O) groups excluding carboxylic acids is 2. The van der Waals surface area contributed by atoms with E-state index in [0.717, 1.165) is 15.3 Å². The summed E-state index contributed by atoms with van der Waals surface area (Å²) in [5.41, 5.74) is 4.60. The van der Waals surface area contributed by atoms with E-state index in [1.807, 2.05) is 30.3 Å². The van der Waals surface area contributed by atoms with Gasteiger partial charge in [-0.15, -0.1) is 0 Å². The van der Waals surface area contributed by atoms with Crippen LogP contribution >= 0.6 is 15.9 Å². The number of carbonyl (C=O) groups is 2. The summed E-state index contributed by atoms with van der Waals surface area (Å²) in [6, 6.07) is 9.23. The molecule has 0 radical (unpaired) electrons. The minimum Gasteiger partial charge on any atom is -0.351 e. The van der Waals surface area contributed by atoms with Crippen LogP contribution < -0.4 is 5.73 Å². The lowest BCUT2D eigenvalue weighted by atomic mass is 10.2. The summed E-state index contributed by atoms with van der Waals surface area (Å²) < 4.78 is 1.13. The molecular formula is C15H23BrN2O2. The second-order valence-corrected chi connectivity index (χ2v) is 5.66. The average molecular weight is 343 g/mol. The first kappa shape index (κ1) is 18.6. The van der Waals surface area contributed by atoms with Crippen LogP contribution in [0.4, 0.5) is 4.79 Å². The summed E-state index contributed by atoms with van der Waals surface area (Å²) in [5.74, 6) is 1.05. The lowest BCUT2D eigenvalue weighted by Gasteiger charge is -1.99. The van der Waals surface area contributed by atoms with E-state index in [9.17, 15) is 9.59 Å². The van der Waals surface area contributed by atoms with Gasteiger partial charge >= 0.3 is 6.03 Å². The van der Waals surface area contributed by atoms with Crippen LogP contribution in [0.3, 0.4) is 0 Å². The SMILES string of the molecule is Brc1ccccc1.CC1CCCC1.CN(C=O)C(N)=O. The Labute approximate surface area is 129 Å². The molecule has 112 valence electrons. The molecule has 0 saturated heterocycles. The maximum Gasteiger partial charge on any atom is 0.320 e. The molecule has 0 spiro atoms. The lowest BCUT2D eigenvalue weighted by Crippen LogP contribution is -2.30. The predicted octanol–water partition coefficient (Wildman–Crippen LogP) is 3.80. The highest BCUT2D eigenvalue weighted by molar-refractivity contribution is 9.10. The summed E-state index contributed by atoms with van der Waals surface area (Å²) >= 11 is 3.31. The number of primary amides is 1. The van der Waals surface area contributed by atoms with Crippen molar-refractivity contribution in [3.05, 3.63) is 34.8 Å². The summed E-state index contributed by atoms with van der Waals surface area (Å²) in [6.07, 6.45) is 6.30. The van der Waals surface area contributed by atoms with E-state index >= 15 is 0 Å². The van der Waals surface area contributed by atoms with E-state index in [-0.39, 0.29) is 0 Å². The number of nitrogens with two attached hydrogens (primary N) is 1. The number of benzene rings is 1. The third-order valence-electron chi connectivity index (χ3n) is 2.88. The van der Waals surface area contributed by atoms with Gasteiger partial charge in [0.2, 0.25) is 6.41 Å². The Kier molecular flexibility index (Phi) is 10.7. The molecule has 0 heterocycles. The quantitative estimate of drug-likeness (QED) is 0.789. The van der Waals surface area contributed by atoms with Crippen LogP contribution in [0.1, 0.15) is 32.6 Å². The maximum absolute atomic E-state index is 9.85. The zero-order valence-electron chi connectivity index (χ0n) is 12.1. The van der Waals surface area contributed by atoms with E-state index in [1.54, 1.807) is 0 Å². The minimum absolute atomic E-state index is 0.350. The van der Waals surface area contributed by atoms with Gasteiger partial charge in [0, 0.05) is 11.5 Å². The lowest BCUT2D eigenvalue weighted by molar-refractivity contribution is -0.114. The van der Waals surface area contributed by atoms with Crippen molar-refractivity contribution in [2.24, 2.45) is 11.7 Å². The Balaban J connectivity index is 0.000000271. The van der Waals surface area contributed by atoms with Gasteiger partial charge in [0.25, 0.3) is 0 Å². The zero-order valence-corrected chi connectivity index (χ0v) is 13.7. The molecule has 1 aliphatic rings. The molecule has 1 aromatic rings. The Morgan fingerprint density at radius 2 is 1.80 bits per heavy atom.